The minimum Gasteiger partial charge on any atom is -0.462 e. The van der Waals surface area contributed by atoms with Crippen LogP contribution in [0.3, 0.4) is 0 Å². The van der Waals surface area contributed by atoms with Crippen LogP contribution in [-0.2, 0) is 28.6 Å². The van der Waals surface area contributed by atoms with E-state index in [1.807, 2.05) is 0 Å². The van der Waals surface area contributed by atoms with Crippen LogP contribution in [0.1, 0.15) is 258 Å². The minimum atomic E-state index is -0.795. The Hall–Kier alpha value is -3.15. The molecule has 0 aliphatic heterocycles. The average molecular weight is 893 g/mol. The second-order valence-electron chi connectivity index (χ2n) is 17.8. The largest absolute Gasteiger partial charge is 0.462 e. The lowest BCUT2D eigenvalue weighted by Gasteiger charge is -2.18. The van der Waals surface area contributed by atoms with Crippen molar-refractivity contribution in [1.82, 2.24) is 0 Å². The molecule has 64 heavy (non-hydrogen) atoms. The molecule has 0 saturated heterocycles. The van der Waals surface area contributed by atoms with Crippen molar-refractivity contribution in [2.24, 2.45) is 0 Å². The zero-order chi connectivity index (χ0) is 46.5. The number of ether oxygens (including phenoxy) is 3. The molecule has 0 aromatic carbocycles. The number of hydrogen-bond acceptors (Lipinski definition) is 6. The van der Waals surface area contributed by atoms with Gasteiger partial charge in [-0.2, -0.15) is 0 Å². The van der Waals surface area contributed by atoms with Crippen LogP contribution in [0.25, 0.3) is 0 Å². The Morgan fingerprint density at radius 1 is 0.312 bits per heavy atom. The fraction of sp³-hybridized carbons (Fsp3) is 0.741. The van der Waals surface area contributed by atoms with Gasteiger partial charge in [-0.3, -0.25) is 14.4 Å². The molecule has 0 heterocycles. The molecule has 0 aromatic rings. The average Bonchev–Trinajstić information content (AvgIpc) is 3.29. The number of carbonyl (C=O) groups is 3. The van der Waals surface area contributed by atoms with E-state index < -0.39 is 6.10 Å². The van der Waals surface area contributed by atoms with Gasteiger partial charge in [0, 0.05) is 19.3 Å². The van der Waals surface area contributed by atoms with Crippen molar-refractivity contribution in [1.29, 1.82) is 0 Å². The van der Waals surface area contributed by atoms with Crippen LogP contribution in [-0.4, -0.2) is 37.2 Å². The highest BCUT2D eigenvalue weighted by atomic mass is 16.6. The van der Waals surface area contributed by atoms with Gasteiger partial charge in [0.1, 0.15) is 13.2 Å². The van der Waals surface area contributed by atoms with Crippen LogP contribution in [0, 0.1) is 0 Å². The summed E-state index contributed by atoms with van der Waals surface area (Å²) in [6, 6.07) is 0. The highest BCUT2D eigenvalue weighted by molar-refractivity contribution is 5.71. The maximum atomic E-state index is 12.8. The Kier molecular flexibility index (Phi) is 49.9. The molecule has 0 spiro atoms. The van der Waals surface area contributed by atoms with Crippen molar-refractivity contribution in [3.05, 3.63) is 72.9 Å². The molecule has 0 N–H and O–H groups in total. The Balaban J connectivity index is 4.44. The van der Waals surface area contributed by atoms with Gasteiger partial charge in [-0.15, -0.1) is 0 Å². The van der Waals surface area contributed by atoms with E-state index in [4.69, 9.17) is 14.2 Å². The van der Waals surface area contributed by atoms with Gasteiger partial charge in [0.05, 0.1) is 0 Å². The van der Waals surface area contributed by atoms with Crippen LogP contribution in [0.4, 0.5) is 0 Å². The zero-order valence-electron chi connectivity index (χ0n) is 42.0. The van der Waals surface area contributed by atoms with E-state index in [0.717, 1.165) is 103 Å². The molecule has 0 unspecified atom stereocenters. The summed E-state index contributed by atoms with van der Waals surface area (Å²) in [5.41, 5.74) is 0. The van der Waals surface area contributed by atoms with E-state index in [2.05, 4.69) is 93.7 Å². The Morgan fingerprint density at radius 2 is 0.562 bits per heavy atom. The molecule has 0 aliphatic rings. The number of hydrogen-bond donors (Lipinski definition) is 0. The quantitative estimate of drug-likeness (QED) is 0.0262. The molecule has 0 saturated carbocycles. The van der Waals surface area contributed by atoms with E-state index >= 15 is 0 Å². The van der Waals surface area contributed by atoms with Gasteiger partial charge in [-0.1, -0.05) is 196 Å². The number of esters is 3. The van der Waals surface area contributed by atoms with Crippen molar-refractivity contribution >= 4 is 17.9 Å². The standard InChI is InChI=1S/C58H100O6/c1-4-7-10-13-16-19-22-25-27-28-29-30-32-33-36-39-42-45-48-51-57(60)63-54-55(53-62-56(59)50-47-44-41-38-35-24-21-18-15-12-9-6-3)64-58(61)52-49-46-43-40-37-34-31-26-23-20-17-14-11-8-5-2/h16,18-19,21,25-27,29-31,33,36,55H,4-15,17,20,22-24,28,32,34-35,37-54H2,1-3H3/b19-16-,21-18-,27-25-,30-29-,31-26-,36-33-/t55-/m1/s1. The second kappa shape index (κ2) is 52.5. The van der Waals surface area contributed by atoms with Crippen LogP contribution >= 0.6 is 0 Å². The first-order chi connectivity index (χ1) is 31.5. The number of carbonyl (C=O) groups excluding carboxylic acids is 3. The maximum Gasteiger partial charge on any atom is 0.306 e. The fourth-order valence-corrected chi connectivity index (χ4v) is 7.30. The van der Waals surface area contributed by atoms with Crippen LogP contribution in [0.5, 0.6) is 0 Å². The topological polar surface area (TPSA) is 78.9 Å². The van der Waals surface area contributed by atoms with Gasteiger partial charge in [0.25, 0.3) is 0 Å². The van der Waals surface area contributed by atoms with Crippen molar-refractivity contribution in [2.75, 3.05) is 13.2 Å². The summed E-state index contributed by atoms with van der Waals surface area (Å²) in [5.74, 6) is -0.939. The molecule has 0 aliphatic carbocycles. The predicted molar refractivity (Wildman–Crippen MR) is 274 cm³/mol. The van der Waals surface area contributed by atoms with E-state index in [9.17, 15) is 14.4 Å². The summed E-state index contributed by atoms with van der Waals surface area (Å²) in [5, 5.41) is 0. The monoisotopic (exact) mass is 893 g/mol. The molecule has 0 fully saturated rings. The molecule has 0 bridgehead atoms. The summed E-state index contributed by atoms with van der Waals surface area (Å²) in [4.78, 5) is 38.0. The Labute approximate surface area is 395 Å². The molecular formula is C58H100O6. The highest BCUT2D eigenvalue weighted by Crippen LogP contribution is 2.13. The van der Waals surface area contributed by atoms with Gasteiger partial charge < -0.3 is 14.2 Å². The normalized spacial score (nSPS) is 12.6. The Morgan fingerprint density at radius 3 is 0.938 bits per heavy atom. The highest BCUT2D eigenvalue weighted by Gasteiger charge is 2.19. The number of rotatable bonds is 48. The van der Waals surface area contributed by atoms with Crippen molar-refractivity contribution in [3.8, 4) is 0 Å². The van der Waals surface area contributed by atoms with Crippen molar-refractivity contribution in [2.45, 2.75) is 264 Å². The predicted octanol–water partition coefficient (Wildman–Crippen LogP) is 17.8. The molecule has 6 nitrogen and oxygen atoms in total. The van der Waals surface area contributed by atoms with Gasteiger partial charge in [-0.05, 0) is 116 Å². The lowest BCUT2D eigenvalue weighted by molar-refractivity contribution is -0.167. The van der Waals surface area contributed by atoms with E-state index in [1.165, 1.54) is 116 Å². The summed E-state index contributed by atoms with van der Waals surface area (Å²) >= 11 is 0. The smallest absolute Gasteiger partial charge is 0.306 e. The number of allylic oxidation sites excluding steroid dienone is 12. The van der Waals surface area contributed by atoms with E-state index in [-0.39, 0.29) is 31.1 Å². The summed E-state index contributed by atoms with van der Waals surface area (Å²) < 4.78 is 16.8. The SMILES string of the molecule is CCCCC/C=C\C/C=C\C/C=C\C/C=C\CCCCCC(=O)OC[C@@H](COC(=O)CCCCCCC/C=C\CCCCC)OC(=O)CCCCCCC/C=C\CCCCCCCC. The first-order valence-electron chi connectivity index (χ1n) is 26.9. The van der Waals surface area contributed by atoms with Crippen LogP contribution in [0.2, 0.25) is 0 Å². The third kappa shape index (κ3) is 49.9. The zero-order valence-corrected chi connectivity index (χ0v) is 42.0. The molecule has 368 valence electrons. The molecular weight excluding hydrogens is 793 g/mol. The van der Waals surface area contributed by atoms with E-state index in [1.54, 1.807) is 0 Å². The maximum absolute atomic E-state index is 12.8. The third-order valence-corrected chi connectivity index (χ3v) is 11.4. The second-order valence-corrected chi connectivity index (χ2v) is 17.8. The minimum absolute atomic E-state index is 0.0934. The summed E-state index contributed by atoms with van der Waals surface area (Å²) in [7, 11) is 0. The number of unbranched alkanes of at least 4 members (excludes halogenated alkanes) is 25. The lowest BCUT2D eigenvalue weighted by Crippen LogP contribution is -2.30. The molecule has 0 radical (unpaired) electrons. The van der Waals surface area contributed by atoms with Crippen molar-refractivity contribution < 1.29 is 28.6 Å². The summed E-state index contributed by atoms with van der Waals surface area (Å²) in [6.07, 6.45) is 66.0. The van der Waals surface area contributed by atoms with E-state index in [0.29, 0.717) is 19.3 Å². The van der Waals surface area contributed by atoms with Gasteiger partial charge >= 0.3 is 17.9 Å². The molecule has 1 atom stereocenters. The fourth-order valence-electron chi connectivity index (χ4n) is 7.30. The Bertz CT molecular complexity index is 1210. The van der Waals surface area contributed by atoms with Crippen LogP contribution < -0.4 is 0 Å². The van der Waals surface area contributed by atoms with Gasteiger partial charge in [-0.25, -0.2) is 0 Å². The summed E-state index contributed by atoms with van der Waals surface area (Å²) in [6.45, 7) is 6.54. The lowest BCUT2D eigenvalue weighted by atomic mass is 10.1. The van der Waals surface area contributed by atoms with Crippen LogP contribution in [0.15, 0.2) is 72.9 Å². The third-order valence-electron chi connectivity index (χ3n) is 11.4. The molecule has 0 aromatic heterocycles. The molecule has 0 amide bonds. The molecule has 0 rings (SSSR count). The van der Waals surface area contributed by atoms with Crippen molar-refractivity contribution in [3.63, 3.8) is 0 Å². The van der Waals surface area contributed by atoms with Gasteiger partial charge in [0.15, 0.2) is 6.10 Å². The first kappa shape index (κ1) is 60.9. The molecule has 6 heteroatoms. The van der Waals surface area contributed by atoms with Gasteiger partial charge in [0.2, 0.25) is 0 Å². The first-order valence-corrected chi connectivity index (χ1v) is 26.9.